The number of anilines is 1. The van der Waals surface area contributed by atoms with Crippen molar-refractivity contribution in [1.82, 2.24) is 9.78 Å². The van der Waals surface area contributed by atoms with Crippen LogP contribution in [0.15, 0.2) is 24.3 Å². The van der Waals surface area contributed by atoms with Gasteiger partial charge in [0.15, 0.2) is 0 Å². The molecule has 1 N–H and O–H groups in total. The van der Waals surface area contributed by atoms with Gasteiger partial charge in [0.1, 0.15) is 23.7 Å². The summed E-state index contributed by atoms with van der Waals surface area (Å²) in [5, 5.41) is 17.4. The Hall–Kier alpha value is -2.77. The smallest absolute Gasteiger partial charge is 0.312 e. The fraction of sp³-hybridized carbons (Fsp3) is 0.231. The number of rotatable bonds is 4. The SMILES string of the molecule is Cc1nn(CC(=O)Nc2cccc(F)c2)c(C)c1[N+](=O)[O-]. The van der Waals surface area contributed by atoms with E-state index < -0.39 is 16.6 Å². The largest absolute Gasteiger partial charge is 0.324 e. The molecule has 0 aliphatic rings. The highest BCUT2D eigenvalue weighted by molar-refractivity contribution is 5.90. The molecule has 0 spiro atoms. The molecule has 8 heteroatoms. The highest BCUT2D eigenvalue weighted by Crippen LogP contribution is 2.21. The van der Waals surface area contributed by atoms with Crippen LogP contribution in [0.2, 0.25) is 0 Å². The third-order valence-electron chi connectivity index (χ3n) is 2.93. The van der Waals surface area contributed by atoms with E-state index in [0.29, 0.717) is 11.4 Å². The van der Waals surface area contributed by atoms with Gasteiger partial charge >= 0.3 is 5.69 Å². The summed E-state index contributed by atoms with van der Waals surface area (Å²) < 4.78 is 14.3. The number of nitrogens with one attached hydrogen (secondary N) is 1. The lowest BCUT2D eigenvalue weighted by Gasteiger charge is -2.06. The lowest BCUT2D eigenvalue weighted by Crippen LogP contribution is -2.20. The molecular formula is C13H13FN4O3. The van der Waals surface area contributed by atoms with Crippen LogP contribution in [0, 0.1) is 29.8 Å². The zero-order chi connectivity index (χ0) is 15.6. The summed E-state index contributed by atoms with van der Waals surface area (Å²) in [5.74, 6) is -0.907. The lowest BCUT2D eigenvalue weighted by atomic mass is 10.3. The van der Waals surface area contributed by atoms with Crippen LogP contribution in [0.4, 0.5) is 15.8 Å². The first-order valence-corrected chi connectivity index (χ1v) is 6.12. The van der Waals surface area contributed by atoms with Crippen LogP contribution in [0.25, 0.3) is 0 Å². The number of hydrogen-bond acceptors (Lipinski definition) is 4. The molecular weight excluding hydrogens is 279 g/mol. The molecule has 2 aromatic rings. The Morgan fingerprint density at radius 1 is 1.48 bits per heavy atom. The monoisotopic (exact) mass is 292 g/mol. The molecule has 21 heavy (non-hydrogen) atoms. The maximum atomic E-state index is 13.0. The number of aryl methyl sites for hydroxylation is 1. The number of benzene rings is 1. The van der Waals surface area contributed by atoms with Gasteiger partial charge in [-0.25, -0.2) is 4.39 Å². The summed E-state index contributed by atoms with van der Waals surface area (Å²) in [6.07, 6.45) is 0. The minimum absolute atomic E-state index is 0.103. The zero-order valence-corrected chi connectivity index (χ0v) is 11.5. The predicted octanol–water partition coefficient (Wildman–Crippen LogP) is 2.19. The molecule has 1 amide bonds. The maximum absolute atomic E-state index is 13.0. The van der Waals surface area contributed by atoms with Crippen molar-refractivity contribution >= 4 is 17.3 Å². The summed E-state index contributed by atoms with van der Waals surface area (Å²) in [4.78, 5) is 22.2. The van der Waals surface area contributed by atoms with Crippen LogP contribution in [0.3, 0.4) is 0 Å². The van der Waals surface area contributed by atoms with Crippen LogP contribution in [-0.4, -0.2) is 20.6 Å². The Labute approximate surface area is 119 Å². The molecule has 0 atom stereocenters. The van der Waals surface area contributed by atoms with E-state index in [9.17, 15) is 19.3 Å². The van der Waals surface area contributed by atoms with Gasteiger partial charge in [0.2, 0.25) is 5.91 Å². The van der Waals surface area contributed by atoms with Crippen LogP contribution in [0.1, 0.15) is 11.4 Å². The Morgan fingerprint density at radius 2 is 2.19 bits per heavy atom. The summed E-state index contributed by atoms with van der Waals surface area (Å²) in [6.45, 7) is 2.84. The first-order valence-electron chi connectivity index (χ1n) is 6.12. The lowest BCUT2D eigenvalue weighted by molar-refractivity contribution is -0.386. The van der Waals surface area contributed by atoms with Crippen LogP contribution < -0.4 is 5.32 Å². The van der Waals surface area contributed by atoms with Gasteiger partial charge < -0.3 is 5.32 Å². The van der Waals surface area contributed by atoms with Crippen LogP contribution >= 0.6 is 0 Å². The molecule has 1 heterocycles. The number of carbonyl (C=O) groups excluding carboxylic acids is 1. The molecule has 0 aliphatic heterocycles. The third-order valence-corrected chi connectivity index (χ3v) is 2.93. The van der Waals surface area contributed by atoms with Crippen molar-refractivity contribution in [3.05, 3.63) is 51.6 Å². The van der Waals surface area contributed by atoms with E-state index >= 15 is 0 Å². The number of nitrogens with zero attached hydrogens (tertiary/aromatic N) is 3. The van der Waals surface area contributed by atoms with E-state index in [1.807, 2.05) is 0 Å². The molecule has 0 bridgehead atoms. The molecule has 0 fully saturated rings. The van der Waals surface area contributed by atoms with E-state index in [0.717, 1.165) is 0 Å². The van der Waals surface area contributed by atoms with E-state index in [1.54, 1.807) is 6.07 Å². The van der Waals surface area contributed by atoms with Crippen molar-refractivity contribution in [2.75, 3.05) is 5.32 Å². The van der Waals surface area contributed by atoms with Crippen LogP contribution in [0.5, 0.6) is 0 Å². The molecule has 1 aromatic carbocycles. The van der Waals surface area contributed by atoms with Gasteiger partial charge in [-0.05, 0) is 32.0 Å². The van der Waals surface area contributed by atoms with E-state index in [-0.39, 0.29) is 17.9 Å². The molecule has 0 aliphatic carbocycles. The normalized spacial score (nSPS) is 10.4. The van der Waals surface area contributed by atoms with Crippen molar-refractivity contribution in [1.29, 1.82) is 0 Å². The molecule has 7 nitrogen and oxygen atoms in total. The topological polar surface area (TPSA) is 90.1 Å². The number of nitro groups is 1. The fourth-order valence-electron chi connectivity index (χ4n) is 2.01. The van der Waals surface area contributed by atoms with Crippen molar-refractivity contribution < 1.29 is 14.1 Å². The second-order valence-corrected chi connectivity index (χ2v) is 4.49. The fourth-order valence-corrected chi connectivity index (χ4v) is 2.01. The molecule has 2 rings (SSSR count). The number of hydrogen-bond donors (Lipinski definition) is 1. The quantitative estimate of drug-likeness (QED) is 0.690. The van der Waals surface area contributed by atoms with Gasteiger partial charge in [-0.2, -0.15) is 5.10 Å². The molecule has 0 radical (unpaired) electrons. The summed E-state index contributed by atoms with van der Waals surface area (Å²) >= 11 is 0. The molecule has 0 unspecified atom stereocenters. The van der Waals surface area contributed by atoms with Gasteiger partial charge in [0.25, 0.3) is 0 Å². The van der Waals surface area contributed by atoms with E-state index in [1.165, 1.54) is 36.7 Å². The number of halogens is 1. The Bertz CT molecular complexity index is 711. The van der Waals surface area contributed by atoms with Crippen molar-refractivity contribution in [2.45, 2.75) is 20.4 Å². The number of amides is 1. The van der Waals surface area contributed by atoms with Gasteiger partial charge in [0.05, 0.1) is 4.92 Å². The van der Waals surface area contributed by atoms with Gasteiger partial charge in [-0.3, -0.25) is 19.6 Å². The van der Waals surface area contributed by atoms with E-state index in [2.05, 4.69) is 10.4 Å². The Balaban J connectivity index is 2.13. The third kappa shape index (κ3) is 3.22. The van der Waals surface area contributed by atoms with E-state index in [4.69, 9.17) is 0 Å². The Kier molecular flexibility index (Phi) is 3.97. The predicted molar refractivity (Wildman–Crippen MR) is 73.4 cm³/mol. The van der Waals surface area contributed by atoms with Gasteiger partial charge in [0, 0.05) is 5.69 Å². The van der Waals surface area contributed by atoms with Gasteiger partial charge in [-0.1, -0.05) is 6.07 Å². The average Bonchev–Trinajstić information content (AvgIpc) is 2.64. The van der Waals surface area contributed by atoms with Crippen molar-refractivity contribution in [3.63, 3.8) is 0 Å². The first-order chi connectivity index (χ1) is 9.88. The highest BCUT2D eigenvalue weighted by atomic mass is 19.1. The second kappa shape index (κ2) is 5.70. The Morgan fingerprint density at radius 3 is 2.76 bits per heavy atom. The number of aromatic nitrogens is 2. The molecule has 110 valence electrons. The van der Waals surface area contributed by atoms with Crippen molar-refractivity contribution in [2.24, 2.45) is 0 Å². The maximum Gasteiger partial charge on any atom is 0.312 e. The number of carbonyl (C=O) groups is 1. The van der Waals surface area contributed by atoms with Gasteiger partial charge in [-0.15, -0.1) is 0 Å². The molecule has 1 aromatic heterocycles. The summed E-state index contributed by atoms with van der Waals surface area (Å²) in [7, 11) is 0. The minimum Gasteiger partial charge on any atom is -0.324 e. The molecule has 0 saturated carbocycles. The average molecular weight is 292 g/mol. The second-order valence-electron chi connectivity index (χ2n) is 4.49. The van der Waals surface area contributed by atoms with Crippen LogP contribution in [-0.2, 0) is 11.3 Å². The van der Waals surface area contributed by atoms with Crippen molar-refractivity contribution in [3.8, 4) is 0 Å². The highest BCUT2D eigenvalue weighted by Gasteiger charge is 2.22. The summed E-state index contributed by atoms with van der Waals surface area (Å²) in [6, 6.07) is 5.46. The zero-order valence-electron chi connectivity index (χ0n) is 11.5. The molecule has 0 saturated heterocycles. The first kappa shape index (κ1) is 14.6. The standard InChI is InChI=1S/C13H13FN4O3/c1-8-13(18(20)21)9(2)17(16-8)7-12(19)15-11-5-3-4-10(14)6-11/h3-6H,7H2,1-2H3,(H,15,19). The summed E-state index contributed by atoms with van der Waals surface area (Å²) in [5.41, 5.74) is 0.757. The minimum atomic E-state index is -0.529.